The molecule has 0 radical (unpaired) electrons. The molecule has 0 aliphatic heterocycles. The van der Waals surface area contributed by atoms with Gasteiger partial charge in [0.1, 0.15) is 22.5 Å². The standard InChI is InChI=1S/C12H8O4/c1-6-4-9(14)11-10(16-6)5-8(13)7-2-3-15-12(7)11/h2-5,13H,1H3. The highest BCUT2D eigenvalue weighted by Crippen LogP contribution is 2.31. The molecule has 1 aromatic carbocycles. The average Bonchev–Trinajstić information content (AvgIpc) is 2.65. The summed E-state index contributed by atoms with van der Waals surface area (Å²) in [5.41, 5.74) is 0.535. The number of rotatable bonds is 0. The Labute approximate surface area is 89.7 Å². The van der Waals surface area contributed by atoms with Gasteiger partial charge in [-0.15, -0.1) is 0 Å². The average molecular weight is 216 g/mol. The van der Waals surface area contributed by atoms with Crippen LogP contribution in [0.2, 0.25) is 0 Å². The predicted octanol–water partition coefficient (Wildman–Crippen LogP) is 2.55. The van der Waals surface area contributed by atoms with E-state index in [1.54, 1.807) is 13.0 Å². The second-order valence-corrected chi connectivity index (χ2v) is 3.65. The summed E-state index contributed by atoms with van der Waals surface area (Å²) in [5, 5.41) is 10.6. The minimum Gasteiger partial charge on any atom is -0.507 e. The van der Waals surface area contributed by atoms with Crippen LogP contribution in [0.1, 0.15) is 5.76 Å². The van der Waals surface area contributed by atoms with Crippen LogP contribution < -0.4 is 5.43 Å². The summed E-state index contributed by atoms with van der Waals surface area (Å²) < 4.78 is 10.6. The van der Waals surface area contributed by atoms with Gasteiger partial charge in [0.2, 0.25) is 0 Å². The van der Waals surface area contributed by atoms with E-state index in [-0.39, 0.29) is 11.2 Å². The molecule has 2 heterocycles. The molecule has 4 heteroatoms. The maximum atomic E-state index is 11.8. The lowest BCUT2D eigenvalue weighted by Crippen LogP contribution is -2.00. The summed E-state index contributed by atoms with van der Waals surface area (Å²) >= 11 is 0. The molecule has 0 saturated heterocycles. The Balaban J connectivity index is 2.70. The van der Waals surface area contributed by atoms with Crippen LogP contribution in [0.15, 0.2) is 38.1 Å². The van der Waals surface area contributed by atoms with E-state index in [1.165, 1.54) is 18.4 Å². The van der Waals surface area contributed by atoms with Crippen LogP contribution in [0.5, 0.6) is 5.75 Å². The van der Waals surface area contributed by atoms with Gasteiger partial charge in [-0.3, -0.25) is 4.79 Å². The summed E-state index contributed by atoms with van der Waals surface area (Å²) in [6.45, 7) is 1.68. The van der Waals surface area contributed by atoms with Gasteiger partial charge in [0.05, 0.1) is 11.6 Å². The molecule has 1 N–H and O–H groups in total. The summed E-state index contributed by atoms with van der Waals surface area (Å²) in [6.07, 6.45) is 1.43. The van der Waals surface area contributed by atoms with Crippen molar-refractivity contribution in [1.82, 2.24) is 0 Å². The van der Waals surface area contributed by atoms with Gasteiger partial charge >= 0.3 is 0 Å². The number of benzene rings is 1. The first-order chi connectivity index (χ1) is 7.66. The first kappa shape index (κ1) is 9.03. The maximum Gasteiger partial charge on any atom is 0.196 e. The van der Waals surface area contributed by atoms with E-state index in [4.69, 9.17) is 8.83 Å². The minimum atomic E-state index is -0.168. The van der Waals surface area contributed by atoms with Crippen molar-refractivity contribution in [3.05, 3.63) is 40.4 Å². The molecule has 3 aromatic rings. The third-order valence-corrected chi connectivity index (χ3v) is 2.53. The molecular formula is C12H8O4. The monoisotopic (exact) mass is 216 g/mol. The molecule has 0 aliphatic carbocycles. The summed E-state index contributed by atoms with van der Waals surface area (Å²) in [7, 11) is 0. The number of phenolic OH excluding ortho intramolecular Hbond substituents is 1. The quantitative estimate of drug-likeness (QED) is 0.627. The molecule has 3 rings (SSSR count). The van der Waals surface area contributed by atoms with Crippen LogP contribution >= 0.6 is 0 Å². The van der Waals surface area contributed by atoms with Gasteiger partial charge in [0.25, 0.3) is 0 Å². The Bertz CT molecular complexity index is 749. The number of aromatic hydroxyl groups is 1. The lowest BCUT2D eigenvalue weighted by molar-refractivity contribution is 0.479. The Hall–Kier alpha value is -2.23. The number of furan rings is 1. The lowest BCUT2D eigenvalue weighted by atomic mass is 10.1. The molecule has 0 saturated carbocycles. The number of fused-ring (bicyclic) bond motifs is 3. The normalized spacial score (nSPS) is 11.3. The van der Waals surface area contributed by atoms with Gasteiger partial charge < -0.3 is 13.9 Å². The van der Waals surface area contributed by atoms with Crippen molar-refractivity contribution in [3.63, 3.8) is 0 Å². The highest BCUT2D eigenvalue weighted by molar-refractivity contribution is 6.04. The molecule has 0 unspecified atom stereocenters. The van der Waals surface area contributed by atoms with E-state index in [9.17, 15) is 9.90 Å². The minimum absolute atomic E-state index is 0.0463. The van der Waals surface area contributed by atoms with E-state index in [1.807, 2.05) is 0 Å². The molecule has 0 fully saturated rings. The second kappa shape index (κ2) is 2.88. The fourth-order valence-electron chi connectivity index (χ4n) is 1.86. The first-order valence-electron chi connectivity index (χ1n) is 4.80. The zero-order valence-corrected chi connectivity index (χ0v) is 8.48. The van der Waals surface area contributed by atoms with E-state index >= 15 is 0 Å². The summed E-state index contributed by atoms with van der Waals surface area (Å²) in [4.78, 5) is 11.8. The van der Waals surface area contributed by atoms with Crippen molar-refractivity contribution in [2.45, 2.75) is 6.92 Å². The number of phenols is 1. The lowest BCUT2D eigenvalue weighted by Gasteiger charge is -2.01. The van der Waals surface area contributed by atoms with Gasteiger partial charge in [-0.1, -0.05) is 0 Å². The van der Waals surface area contributed by atoms with Crippen LogP contribution in [0.4, 0.5) is 0 Å². The maximum absolute atomic E-state index is 11.8. The predicted molar refractivity (Wildman–Crippen MR) is 58.7 cm³/mol. The van der Waals surface area contributed by atoms with Gasteiger partial charge in [-0.05, 0) is 13.0 Å². The van der Waals surface area contributed by atoms with Crippen LogP contribution in [0, 0.1) is 6.92 Å². The van der Waals surface area contributed by atoms with Gasteiger partial charge in [-0.2, -0.15) is 0 Å². The third kappa shape index (κ3) is 1.07. The molecule has 0 amide bonds. The molecule has 0 spiro atoms. The zero-order valence-electron chi connectivity index (χ0n) is 8.48. The van der Waals surface area contributed by atoms with Gasteiger partial charge in [-0.25, -0.2) is 0 Å². The van der Waals surface area contributed by atoms with Gasteiger partial charge in [0, 0.05) is 12.1 Å². The summed E-state index contributed by atoms with van der Waals surface area (Å²) in [5.74, 6) is 0.549. The number of hydrogen-bond donors (Lipinski definition) is 1. The van der Waals surface area contributed by atoms with Crippen molar-refractivity contribution in [1.29, 1.82) is 0 Å². The SMILES string of the molecule is Cc1cc(=O)c2c(cc(O)c3ccoc32)o1. The van der Waals surface area contributed by atoms with Crippen molar-refractivity contribution >= 4 is 21.9 Å². The Morgan fingerprint density at radius 3 is 2.94 bits per heavy atom. The Morgan fingerprint density at radius 1 is 1.31 bits per heavy atom. The Kier molecular flexibility index (Phi) is 1.63. The van der Waals surface area contributed by atoms with E-state index in [2.05, 4.69) is 0 Å². The smallest absolute Gasteiger partial charge is 0.196 e. The van der Waals surface area contributed by atoms with E-state index in [0.29, 0.717) is 27.7 Å². The molecule has 0 atom stereocenters. The fraction of sp³-hybridized carbons (Fsp3) is 0.0833. The van der Waals surface area contributed by atoms with E-state index < -0.39 is 0 Å². The highest BCUT2D eigenvalue weighted by Gasteiger charge is 2.13. The second-order valence-electron chi connectivity index (χ2n) is 3.65. The molecule has 2 aromatic heterocycles. The van der Waals surface area contributed by atoms with Crippen molar-refractivity contribution < 1.29 is 13.9 Å². The largest absolute Gasteiger partial charge is 0.507 e. The molecule has 0 bridgehead atoms. The van der Waals surface area contributed by atoms with Crippen molar-refractivity contribution in [3.8, 4) is 5.75 Å². The van der Waals surface area contributed by atoms with Crippen LogP contribution in [-0.2, 0) is 0 Å². The zero-order chi connectivity index (χ0) is 11.3. The Morgan fingerprint density at radius 2 is 2.12 bits per heavy atom. The highest BCUT2D eigenvalue weighted by atomic mass is 16.3. The topological polar surface area (TPSA) is 63.6 Å². The molecular weight excluding hydrogens is 208 g/mol. The van der Waals surface area contributed by atoms with Crippen LogP contribution in [0.25, 0.3) is 21.9 Å². The fourth-order valence-corrected chi connectivity index (χ4v) is 1.86. The number of hydrogen-bond acceptors (Lipinski definition) is 4. The van der Waals surface area contributed by atoms with E-state index in [0.717, 1.165) is 0 Å². The molecule has 0 aliphatic rings. The van der Waals surface area contributed by atoms with Crippen molar-refractivity contribution in [2.75, 3.05) is 0 Å². The summed E-state index contributed by atoms with van der Waals surface area (Å²) in [6, 6.07) is 4.45. The van der Waals surface area contributed by atoms with Crippen LogP contribution in [-0.4, -0.2) is 5.11 Å². The molecule has 80 valence electrons. The molecule has 4 nitrogen and oxygen atoms in total. The van der Waals surface area contributed by atoms with Gasteiger partial charge in [0.15, 0.2) is 11.0 Å². The van der Waals surface area contributed by atoms with Crippen molar-refractivity contribution in [2.24, 2.45) is 0 Å². The third-order valence-electron chi connectivity index (χ3n) is 2.53. The first-order valence-corrected chi connectivity index (χ1v) is 4.80. The molecule has 16 heavy (non-hydrogen) atoms. The van der Waals surface area contributed by atoms with Crippen LogP contribution in [0.3, 0.4) is 0 Å². The number of aryl methyl sites for hydroxylation is 1.